The average Bonchev–Trinajstić information content (AvgIpc) is 3.61. The maximum atomic E-state index is 12.4. The summed E-state index contributed by atoms with van der Waals surface area (Å²) >= 11 is 1.24. The van der Waals surface area contributed by atoms with Gasteiger partial charge >= 0.3 is 23.9 Å². The van der Waals surface area contributed by atoms with Crippen molar-refractivity contribution in [1.29, 1.82) is 10.5 Å². The summed E-state index contributed by atoms with van der Waals surface area (Å²) < 4.78 is 27.7. The van der Waals surface area contributed by atoms with E-state index in [1.807, 2.05) is 49.4 Å². The van der Waals surface area contributed by atoms with Crippen molar-refractivity contribution in [2.45, 2.75) is 105 Å². The van der Waals surface area contributed by atoms with Gasteiger partial charge in [-0.25, -0.2) is 0 Å². The van der Waals surface area contributed by atoms with Gasteiger partial charge in [-0.2, -0.15) is 10.5 Å². The number of hydrogen-bond donors (Lipinski definition) is 4. The summed E-state index contributed by atoms with van der Waals surface area (Å²) in [6, 6.07) is 10.3. The van der Waals surface area contributed by atoms with Crippen LogP contribution in [-0.4, -0.2) is 107 Å². The molecule has 1 aromatic heterocycles. The Morgan fingerprint density at radius 3 is 1.70 bits per heavy atom. The van der Waals surface area contributed by atoms with Crippen LogP contribution in [0.4, 0.5) is 16.4 Å². The molecular weight excluding hydrogens is 867 g/mol. The second-order valence-corrected chi connectivity index (χ2v) is 16.7. The quantitative estimate of drug-likeness (QED) is 0.0213. The third-order valence-corrected chi connectivity index (χ3v) is 11.6. The number of carboxylic acid groups (broad SMARTS) is 2. The van der Waals surface area contributed by atoms with Gasteiger partial charge in [0.2, 0.25) is 0 Å². The first-order valence-electron chi connectivity index (χ1n) is 23.0. The molecule has 1 heterocycles. The number of aliphatic carboxylic acids is 2. The Labute approximate surface area is 394 Å². The molecule has 2 rings (SSSR count). The molecule has 0 saturated carbocycles. The highest BCUT2D eigenvalue weighted by atomic mass is 32.1. The number of unbranched alkanes of at least 4 members (excludes halogenated alkanes) is 6. The molecule has 2 unspecified atom stereocenters. The number of thiophene rings is 1. The standard InChI is InChI=1S/C49H71N5O11S/c1-5-7-9-11-13-15-17-39(48(57)58)32-45(55)64-29-27-62-24-22-54(41-19-20-43(37(3)31-41)52-36-53-47-42(34-50)38(4)44(35-51)66-47)21-23-61-25-26-63-28-30-65-46(56)33-40(49(59)60)18-16-14-12-10-8-6-2/h13-16,19-20,31,39-40,52-53H,5-12,17-18,21-30,32-33,36H2,1-4H3,(H,57,58)(H,59,60)/b15-13+,16-14+. The number of esters is 2. The van der Waals surface area contributed by atoms with Gasteiger partial charge in [0.25, 0.3) is 0 Å². The maximum Gasteiger partial charge on any atom is 0.307 e. The summed E-state index contributed by atoms with van der Waals surface area (Å²) in [6.07, 6.45) is 16.0. The van der Waals surface area contributed by atoms with Gasteiger partial charge in [0, 0.05) is 24.5 Å². The molecule has 0 spiro atoms. The SMILES string of the molecule is CCCCC/C=C/CC(CC(=O)OCCOCCOCCN(CCOCCOC(=O)CC(C/C=C/CCCCC)C(=O)O)c1ccc(NCNc2sc(C#N)c(C)c2C#N)c(C)c1)C(=O)O. The Morgan fingerprint density at radius 1 is 0.712 bits per heavy atom. The molecule has 16 nitrogen and oxygen atoms in total. The minimum absolute atomic E-state index is 0.00170. The molecule has 0 bridgehead atoms. The Hall–Kier alpha value is -5.46. The van der Waals surface area contributed by atoms with Gasteiger partial charge in [0.05, 0.1) is 76.6 Å². The first-order valence-corrected chi connectivity index (χ1v) is 23.8. The Morgan fingerprint density at radius 2 is 1.23 bits per heavy atom. The van der Waals surface area contributed by atoms with Crippen LogP contribution >= 0.6 is 11.3 Å². The smallest absolute Gasteiger partial charge is 0.307 e. The number of rotatable bonds is 38. The van der Waals surface area contributed by atoms with Crippen molar-refractivity contribution >= 4 is 51.6 Å². The summed E-state index contributed by atoms with van der Waals surface area (Å²) in [5.74, 6) is -4.93. The second-order valence-electron chi connectivity index (χ2n) is 15.7. The first kappa shape index (κ1) is 56.7. The number of allylic oxidation sites excluding steroid dienone is 4. The van der Waals surface area contributed by atoms with Crippen LogP contribution in [0.15, 0.2) is 42.5 Å². The minimum atomic E-state index is -1.04. The fourth-order valence-corrected chi connectivity index (χ4v) is 7.51. The summed E-state index contributed by atoms with van der Waals surface area (Å²) in [4.78, 5) is 50.6. The largest absolute Gasteiger partial charge is 0.481 e. The summed E-state index contributed by atoms with van der Waals surface area (Å²) in [5, 5.41) is 45.2. The van der Waals surface area contributed by atoms with Crippen molar-refractivity contribution in [3.63, 3.8) is 0 Å². The molecule has 1 aromatic carbocycles. The zero-order valence-electron chi connectivity index (χ0n) is 39.3. The third kappa shape index (κ3) is 23.6. The van der Waals surface area contributed by atoms with Gasteiger partial charge in [-0.3, -0.25) is 19.2 Å². The molecular formula is C49H71N5O11S. The van der Waals surface area contributed by atoms with E-state index in [0.717, 1.165) is 68.3 Å². The lowest BCUT2D eigenvalue weighted by Gasteiger charge is -2.26. The van der Waals surface area contributed by atoms with Crippen molar-refractivity contribution in [3.05, 3.63) is 64.1 Å². The van der Waals surface area contributed by atoms with E-state index in [1.54, 1.807) is 6.92 Å². The van der Waals surface area contributed by atoms with E-state index < -0.39 is 35.7 Å². The molecule has 0 amide bonds. The first-order chi connectivity index (χ1) is 31.9. The Bertz CT molecular complexity index is 1900. The zero-order chi connectivity index (χ0) is 48.4. The highest BCUT2D eigenvalue weighted by Crippen LogP contribution is 2.32. The van der Waals surface area contributed by atoms with Crippen LogP contribution in [0.2, 0.25) is 0 Å². The van der Waals surface area contributed by atoms with Crippen molar-refractivity contribution in [1.82, 2.24) is 0 Å². The zero-order valence-corrected chi connectivity index (χ0v) is 40.1. The number of carboxylic acids is 2. The predicted molar refractivity (Wildman–Crippen MR) is 256 cm³/mol. The molecule has 4 N–H and O–H groups in total. The molecule has 66 heavy (non-hydrogen) atoms. The summed E-state index contributed by atoms with van der Waals surface area (Å²) in [6.45, 7) is 10.8. The summed E-state index contributed by atoms with van der Waals surface area (Å²) in [7, 11) is 0. The monoisotopic (exact) mass is 937 g/mol. The molecule has 0 aliphatic rings. The minimum Gasteiger partial charge on any atom is -0.481 e. The van der Waals surface area contributed by atoms with Crippen LogP contribution in [0.5, 0.6) is 0 Å². The van der Waals surface area contributed by atoms with Gasteiger partial charge in [-0.05, 0) is 81.7 Å². The normalized spacial score (nSPS) is 12.1. The van der Waals surface area contributed by atoms with E-state index in [4.69, 9.17) is 23.7 Å². The number of nitrogens with one attached hydrogen (secondary N) is 2. The van der Waals surface area contributed by atoms with Gasteiger partial charge in [0.15, 0.2) is 0 Å². The number of nitriles is 2. The van der Waals surface area contributed by atoms with Gasteiger partial charge in [-0.15, -0.1) is 11.3 Å². The molecule has 0 radical (unpaired) electrons. The van der Waals surface area contributed by atoms with Crippen LogP contribution in [0.3, 0.4) is 0 Å². The van der Waals surface area contributed by atoms with E-state index in [-0.39, 0.29) is 65.3 Å². The van der Waals surface area contributed by atoms with Gasteiger partial charge < -0.3 is 49.4 Å². The van der Waals surface area contributed by atoms with E-state index in [2.05, 4.69) is 41.5 Å². The van der Waals surface area contributed by atoms with Crippen LogP contribution in [-0.2, 0) is 42.9 Å². The topological polar surface area (TPSA) is 230 Å². The van der Waals surface area contributed by atoms with E-state index in [9.17, 15) is 39.9 Å². The van der Waals surface area contributed by atoms with Crippen LogP contribution in [0.25, 0.3) is 0 Å². The molecule has 364 valence electrons. The highest BCUT2D eigenvalue weighted by Gasteiger charge is 2.22. The number of carbonyl (C=O) groups is 4. The number of benzene rings is 1. The van der Waals surface area contributed by atoms with E-state index >= 15 is 0 Å². The van der Waals surface area contributed by atoms with E-state index in [0.29, 0.717) is 54.0 Å². The number of ether oxygens (including phenoxy) is 5. The number of hydrogen-bond acceptors (Lipinski definition) is 15. The Balaban J connectivity index is 1.87. The fourth-order valence-electron chi connectivity index (χ4n) is 6.56. The van der Waals surface area contributed by atoms with Crippen LogP contribution in [0, 0.1) is 48.3 Å². The highest BCUT2D eigenvalue weighted by molar-refractivity contribution is 7.17. The van der Waals surface area contributed by atoms with Crippen molar-refractivity contribution < 1.29 is 53.1 Å². The number of anilines is 3. The van der Waals surface area contributed by atoms with Crippen molar-refractivity contribution in [3.8, 4) is 12.1 Å². The molecule has 0 aliphatic carbocycles. The lowest BCUT2D eigenvalue weighted by Crippen LogP contribution is -2.32. The third-order valence-electron chi connectivity index (χ3n) is 10.5. The van der Waals surface area contributed by atoms with Crippen LogP contribution in [0.1, 0.15) is 112 Å². The van der Waals surface area contributed by atoms with Crippen molar-refractivity contribution in [2.75, 3.05) is 88.1 Å². The summed E-state index contributed by atoms with van der Waals surface area (Å²) in [5.41, 5.74) is 3.86. The molecule has 2 atom stereocenters. The average molecular weight is 938 g/mol. The molecule has 0 aliphatic heterocycles. The van der Waals surface area contributed by atoms with E-state index in [1.165, 1.54) is 11.3 Å². The van der Waals surface area contributed by atoms with Gasteiger partial charge in [-0.1, -0.05) is 63.8 Å². The number of carbonyl (C=O) groups excluding carboxylic acids is 2. The molecule has 0 fully saturated rings. The lowest BCUT2D eigenvalue weighted by molar-refractivity contribution is -0.152. The lowest BCUT2D eigenvalue weighted by atomic mass is 10.0. The van der Waals surface area contributed by atoms with Gasteiger partial charge in [0.1, 0.15) is 35.2 Å². The van der Waals surface area contributed by atoms with Crippen molar-refractivity contribution in [2.24, 2.45) is 11.8 Å². The number of aryl methyl sites for hydroxylation is 1. The molecule has 2 aromatic rings. The second kappa shape index (κ2) is 34.8. The number of nitrogens with zero attached hydrogens (tertiary/aromatic N) is 3. The molecule has 0 saturated heterocycles. The maximum absolute atomic E-state index is 12.4. The van der Waals surface area contributed by atoms with Crippen LogP contribution < -0.4 is 15.5 Å². The fraction of sp³-hybridized carbons (Fsp3) is 0.592. The molecule has 17 heteroatoms. The predicted octanol–water partition coefficient (Wildman–Crippen LogP) is 8.77. The Kier molecular flexibility index (Phi) is 29.9.